The van der Waals surface area contributed by atoms with Gasteiger partial charge in [0.1, 0.15) is 0 Å². The molecule has 0 spiro atoms. The molecule has 3 N–H and O–H groups in total. The van der Waals surface area contributed by atoms with Crippen LogP contribution in [0, 0.1) is 6.92 Å². The van der Waals surface area contributed by atoms with Crippen molar-refractivity contribution in [1.29, 1.82) is 0 Å². The highest BCUT2D eigenvalue weighted by Gasteiger charge is 2.01. The van der Waals surface area contributed by atoms with Crippen LogP contribution in [0.4, 0.5) is 5.69 Å². The van der Waals surface area contributed by atoms with Gasteiger partial charge in [-0.1, -0.05) is 23.2 Å². The summed E-state index contributed by atoms with van der Waals surface area (Å²) in [7, 11) is 0. The van der Waals surface area contributed by atoms with Crippen molar-refractivity contribution < 1.29 is 0 Å². The molecular formula is C7H9Cl3N2. The molecule has 68 valence electrons. The topological polar surface area (TPSA) is 38.0 Å². The van der Waals surface area contributed by atoms with Crippen molar-refractivity contribution in [3.8, 4) is 0 Å². The number of halogens is 3. The quantitative estimate of drug-likeness (QED) is 0.572. The van der Waals surface area contributed by atoms with E-state index in [-0.39, 0.29) is 12.4 Å². The molecule has 0 aromatic heterocycles. The molecule has 0 unspecified atom stereocenters. The second-order valence-electron chi connectivity index (χ2n) is 2.23. The first-order chi connectivity index (χ1) is 5.15. The number of aryl methyl sites for hydroxylation is 1. The first-order valence-corrected chi connectivity index (χ1v) is 3.83. The zero-order chi connectivity index (χ0) is 8.43. The Hall–Kier alpha value is -0.150. The van der Waals surface area contributed by atoms with Crippen LogP contribution in [0.15, 0.2) is 12.1 Å². The van der Waals surface area contributed by atoms with Gasteiger partial charge in [-0.15, -0.1) is 12.4 Å². The molecule has 0 saturated heterocycles. The lowest BCUT2D eigenvalue weighted by Gasteiger charge is -2.05. The van der Waals surface area contributed by atoms with Gasteiger partial charge < -0.3 is 5.43 Å². The van der Waals surface area contributed by atoms with E-state index in [0.29, 0.717) is 15.7 Å². The molecule has 1 aromatic rings. The number of rotatable bonds is 1. The lowest BCUT2D eigenvalue weighted by molar-refractivity contribution is 1.33. The van der Waals surface area contributed by atoms with Gasteiger partial charge in [0, 0.05) is 5.02 Å². The Kier molecular flexibility index (Phi) is 4.71. The Morgan fingerprint density at radius 2 is 1.83 bits per heavy atom. The number of hydrogen-bond donors (Lipinski definition) is 2. The van der Waals surface area contributed by atoms with Gasteiger partial charge in [0.2, 0.25) is 0 Å². The maximum Gasteiger partial charge on any atom is 0.0675 e. The molecule has 0 bridgehead atoms. The lowest BCUT2D eigenvalue weighted by atomic mass is 10.2. The second-order valence-corrected chi connectivity index (χ2v) is 3.04. The molecule has 0 aliphatic carbocycles. The molecule has 2 nitrogen and oxygen atoms in total. The number of hydrazine groups is 1. The SMILES string of the molecule is Cc1cc(NN)c(Cl)cc1Cl.Cl. The van der Waals surface area contributed by atoms with E-state index in [1.165, 1.54) is 0 Å². The number of anilines is 1. The monoisotopic (exact) mass is 226 g/mol. The summed E-state index contributed by atoms with van der Waals surface area (Å²) < 4.78 is 0. The van der Waals surface area contributed by atoms with Gasteiger partial charge in [0.25, 0.3) is 0 Å². The van der Waals surface area contributed by atoms with Gasteiger partial charge >= 0.3 is 0 Å². The highest BCUT2D eigenvalue weighted by molar-refractivity contribution is 6.36. The molecule has 0 radical (unpaired) electrons. The Morgan fingerprint density at radius 1 is 1.25 bits per heavy atom. The van der Waals surface area contributed by atoms with Crippen molar-refractivity contribution in [1.82, 2.24) is 0 Å². The van der Waals surface area contributed by atoms with Gasteiger partial charge in [-0.2, -0.15) is 0 Å². The maximum atomic E-state index is 5.79. The zero-order valence-corrected chi connectivity index (χ0v) is 8.72. The predicted octanol–water partition coefficient (Wildman–Crippen LogP) is 3.01. The predicted molar refractivity (Wildman–Crippen MR) is 56.3 cm³/mol. The standard InChI is InChI=1S/C7H8Cl2N2.ClH/c1-4-2-7(11-10)6(9)3-5(4)8;/h2-3,11H,10H2,1H3;1H. The smallest absolute Gasteiger partial charge is 0.0675 e. The van der Waals surface area contributed by atoms with E-state index in [0.717, 1.165) is 5.56 Å². The van der Waals surface area contributed by atoms with Gasteiger partial charge in [0.05, 0.1) is 10.7 Å². The van der Waals surface area contributed by atoms with Crippen LogP contribution < -0.4 is 11.3 Å². The van der Waals surface area contributed by atoms with E-state index in [2.05, 4.69) is 5.43 Å². The first-order valence-electron chi connectivity index (χ1n) is 3.07. The molecule has 0 amide bonds. The summed E-state index contributed by atoms with van der Waals surface area (Å²) in [6.45, 7) is 1.89. The normalized spacial score (nSPS) is 9.00. The van der Waals surface area contributed by atoms with Crippen LogP contribution in [0.2, 0.25) is 10.0 Å². The van der Waals surface area contributed by atoms with Crippen molar-refractivity contribution in [3.05, 3.63) is 27.7 Å². The number of nitrogens with two attached hydrogens (primary N) is 1. The molecule has 12 heavy (non-hydrogen) atoms. The minimum Gasteiger partial charge on any atom is -0.323 e. The van der Waals surface area contributed by atoms with Gasteiger partial charge in [-0.05, 0) is 24.6 Å². The van der Waals surface area contributed by atoms with Crippen molar-refractivity contribution in [2.45, 2.75) is 6.92 Å². The number of benzene rings is 1. The van der Waals surface area contributed by atoms with Crippen LogP contribution in [0.1, 0.15) is 5.56 Å². The van der Waals surface area contributed by atoms with Crippen LogP contribution in [-0.2, 0) is 0 Å². The summed E-state index contributed by atoms with van der Waals surface area (Å²) in [5, 5.41) is 1.18. The summed E-state index contributed by atoms with van der Waals surface area (Å²) in [5.74, 6) is 5.19. The van der Waals surface area contributed by atoms with E-state index >= 15 is 0 Å². The Morgan fingerprint density at radius 3 is 2.33 bits per heavy atom. The second kappa shape index (κ2) is 4.77. The fraction of sp³-hybridized carbons (Fsp3) is 0.143. The summed E-state index contributed by atoms with van der Waals surface area (Å²) in [6, 6.07) is 3.46. The zero-order valence-electron chi connectivity index (χ0n) is 6.40. The summed E-state index contributed by atoms with van der Waals surface area (Å²) in [5.41, 5.74) is 4.11. The molecule has 0 aliphatic heterocycles. The van der Waals surface area contributed by atoms with Crippen molar-refractivity contribution in [2.24, 2.45) is 5.84 Å². The molecule has 0 atom stereocenters. The third-order valence-corrected chi connectivity index (χ3v) is 2.12. The molecule has 0 fully saturated rings. The average molecular weight is 228 g/mol. The van der Waals surface area contributed by atoms with E-state index in [1.807, 2.05) is 6.92 Å². The van der Waals surface area contributed by atoms with E-state index < -0.39 is 0 Å². The minimum absolute atomic E-state index is 0. The van der Waals surface area contributed by atoms with Gasteiger partial charge in [-0.3, -0.25) is 5.84 Å². The molecule has 0 aliphatic rings. The summed E-state index contributed by atoms with van der Waals surface area (Å²) in [4.78, 5) is 0. The van der Waals surface area contributed by atoms with E-state index in [9.17, 15) is 0 Å². The van der Waals surface area contributed by atoms with Crippen molar-refractivity contribution in [2.75, 3.05) is 5.43 Å². The largest absolute Gasteiger partial charge is 0.323 e. The fourth-order valence-electron chi connectivity index (χ4n) is 0.768. The Bertz CT molecular complexity index is 276. The molecular weight excluding hydrogens is 218 g/mol. The number of hydrogen-bond acceptors (Lipinski definition) is 2. The Labute approximate surface area is 87.4 Å². The third-order valence-electron chi connectivity index (χ3n) is 1.40. The molecule has 1 aromatic carbocycles. The van der Waals surface area contributed by atoms with Gasteiger partial charge in [0.15, 0.2) is 0 Å². The first kappa shape index (κ1) is 11.8. The minimum atomic E-state index is 0. The van der Waals surface area contributed by atoms with Crippen molar-refractivity contribution >= 4 is 41.3 Å². The molecule has 1 rings (SSSR count). The fourth-order valence-corrected chi connectivity index (χ4v) is 1.21. The average Bonchev–Trinajstić information content (AvgIpc) is 1.97. The van der Waals surface area contributed by atoms with Crippen molar-refractivity contribution in [3.63, 3.8) is 0 Å². The molecule has 0 heterocycles. The molecule has 5 heteroatoms. The van der Waals surface area contributed by atoms with Crippen LogP contribution in [0.25, 0.3) is 0 Å². The van der Waals surface area contributed by atoms with E-state index in [4.69, 9.17) is 29.0 Å². The summed E-state index contributed by atoms with van der Waals surface area (Å²) >= 11 is 11.6. The highest BCUT2D eigenvalue weighted by atomic mass is 35.5. The van der Waals surface area contributed by atoms with Crippen LogP contribution in [0.3, 0.4) is 0 Å². The Balaban J connectivity index is 0.00000121. The van der Waals surface area contributed by atoms with E-state index in [1.54, 1.807) is 12.1 Å². The maximum absolute atomic E-state index is 5.79. The molecule has 0 saturated carbocycles. The third kappa shape index (κ3) is 2.42. The summed E-state index contributed by atoms with van der Waals surface area (Å²) in [6.07, 6.45) is 0. The highest BCUT2D eigenvalue weighted by Crippen LogP contribution is 2.27. The van der Waals surface area contributed by atoms with Crippen LogP contribution in [-0.4, -0.2) is 0 Å². The van der Waals surface area contributed by atoms with Crippen LogP contribution >= 0.6 is 35.6 Å². The van der Waals surface area contributed by atoms with Crippen LogP contribution in [0.5, 0.6) is 0 Å². The lowest BCUT2D eigenvalue weighted by Crippen LogP contribution is -2.07. The number of nitrogens with one attached hydrogen (secondary N) is 1. The van der Waals surface area contributed by atoms with Gasteiger partial charge in [-0.25, -0.2) is 0 Å². The number of nitrogen functional groups attached to an aromatic ring is 1.